The molecule has 7 heteroatoms. The third kappa shape index (κ3) is 98.3. The van der Waals surface area contributed by atoms with E-state index in [2.05, 4.69) is 28.1 Å². The molecule has 0 heterocycles. The van der Waals surface area contributed by atoms with Gasteiger partial charge in [0, 0.05) is 13.2 Å². The van der Waals surface area contributed by atoms with Crippen molar-refractivity contribution in [1.29, 1.82) is 0 Å². The van der Waals surface area contributed by atoms with Crippen LogP contribution in [-0.4, -0.2) is 62.9 Å². The van der Waals surface area contributed by atoms with Gasteiger partial charge in [0.1, 0.15) is 0 Å². The lowest BCUT2D eigenvalue weighted by Crippen LogP contribution is -2.33. The van der Waals surface area contributed by atoms with Crippen LogP contribution in [0.15, 0.2) is 0 Å². The Bertz CT molecular complexity index is 211. The molecule has 6 nitrogen and oxygen atoms in total. The fourth-order valence-electron chi connectivity index (χ4n) is 0.204. The van der Waals surface area contributed by atoms with E-state index >= 15 is 0 Å². The molecule has 0 aromatic carbocycles. The lowest BCUT2D eigenvalue weighted by molar-refractivity contribution is -0.868. The molecule has 0 aromatic heterocycles. The van der Waals surface area contributed by atoms with E-state index in [1.54, 1.807) is 0 Å². The first-order valence-corrected chi connectivity index (χ1v) is 6.40. The number of rotatable bonds is 3. The molecule has 0 aromatic rings. The third-order valence-electron chi connectivity index (χ3n) is 1.36. The molecule has 102 valence electrons. The van der Waals surface area contributed by atoms with E-state index in [1.165, 1.54) is 6.54 Å². The van der Waals surface area contributed by atoms with Crippen LogP contribution in [0, 0.1) is 0 Å². The van der Waals surface area contributed by atoms with Crippen molar-refractivity contribution >= 4 is 10.4 Å². The molecule has 0 saturated carbocycles. The highest BCUT2D eigenvalue weighted by atomic mass is 32.3. The Hall–Kier alpha value is -0.210. The zero-order valence-corrected chi connectivity index (χ0v) is 11.9. The number of hydrogen-bond acceptors (Lipinski definition) is 4. The lowest BCUT2D eigenvalue weighted by atomic mass is 10.6. The zero-order valence-electron chi connectivity index (χ0n) is 11.1. The fourth-order valence-corrected chi connectivity index (χ4v) is 0.204. The maximum absolute atomic E-state index is 8.63. The van der Waals surface area contributed by atoms with Crippen molar-refractivity contribution in [3.05, 3.63) is 0 Å². The number of ether oxygens (including phenoxy) is 1. The first-order valence-electron chi connectivity index (χ1n) is 5.04. The van der Waals surface area contributed by atoms with Crippen LogP contribution in [-0.2, 0) is 15.1 Å². The van der Waals surface area contributed by atoms with Gasteiger partial charge in [0.25, 0.3) is 0 Å². The van der Waals surface area contributed by atoms with E-state index in [0.29, 0.717) is 0 Å². The van der Waals surface area contributed by atoms with Gasteiger partial charge in [-0.1, -0.05) is 0 Å². The summed E-state index contributed by atoms with van der Waals surface area (Å²) >= 11 is 0. The predicted molar refractivity (Wildman–Crippen MR) is 63.1 cm³/mol. The molecule has 16 heavy (non-hydrogen) atoms. The van der Waals surface area contributed by atoms with Gasteiger partial charge in [-0.2, -0.15) is 0 Å². The van der Waals surface area contributed by atoms with Crippen molar-refractivity contribution in [2.75, 3.05) is 40.9 Å². The van der Waals surface area contributed by atoms with Crippen molar-refractivity contribution in [1.82, 2.24) is 0 Å². The molecule has 0 rings (SSSR count). The number of nitrogens with zero attached hydrogens (tertiary/aromatic N) is 1. The van der Waals surface area contributed by atoms with Crippen LogP contribution >= 0.6 is 0 Å². The Morgan fingerprint density at radius 2 is 1.31 bits per heavy atom. The monoisotopic (exact) mass is 259 g/mol. The molecule has 0 spiro atoms. The molecule has 0 fully saturated rings. The summed E-state index contributed by atoms with van der Waals surface area (Å²) in [6, 6.07) is 0. The number of quaternary nitrogens is 1. The van der Waals surface area contributed by atoms with Crippen LogP contribution in [0.4, 0.5) is 0 Å². The van der Waals surface area contributed by atoms with E-state index in [1.807, 2.05) is 13.8 Å². The van der Waals surface area contributed by atoms with Crippen LogP contribution in [0.25, 0.3) is 0 Å². The van der Waals surface area contributed by atoms with Crippen molar-refractivity contribution in [2.24, 2.45) is 0 Å². The van der Waals surface area contributed by atoms with Gasteiger partial charge in [-0.15, -0.1) is 0 Å². The van der Waals surface area contributed by atoms with Gasteiger partial charge < -0.3 is 13.8 Å². The molecule has 0 amide bonds. The van der Waals surface area contributed by atoms with E-state index in [-0.39, 0.29) is 0 Å². The van der Waals surface area contributed by atoms with Gasteiger partial charge in [0.2, 0.25) is 10.4 Å². The van der Waals surface area contributed by atoms with Crippen molar-refractivity contribution in [2.45, 2.75) is 20.8 Å². The Balaban J connectivity index is -0.000000160. The Morgan fingerprint density at radius 3 is 1.31 bits per heavy atom. The molecular weight excluding hydrogens is 234 g/mol. The summed E-state index contributed by atoms with van der Waals surface area (Å²) in [6.07, 6.45) is 0. The van der Waals surface area contributed by atoms with Gasteiger partial charge in [-0.3, -0.25) is 4.55 Å². The SMILES string of the molecule is CCOCC.CC[N+](C)(C)C.O=S(=O)([O-])O. The second kappa shape index (κ2) is 11.3. The molecule has 0 aliphatic heterocycles. The van der Waals surface area contributed by atoms with Crippen LogP contribution < -0.4 is 0 Å². The van der Waals surface area contributed by atoms with E-state index < -0.39 is 10.4 Å². The minimum absolute atomic E-state index is 0.844. The molecule has 0 aliphatic rings. The first-order chi connectivity index (χ1) is 6.97. The van der Waals surface area contributed by atoms with Crippen LogP contribution in [0.5, 0.6) is 0 Å². The van der Waals surface area contributed by atoms with E-state index in [4.69, 9.17) is 22.3 Å². The summed E-state index contributed by atoms with van der Waals surface area (Å²) < 4.78 is 38.7. The Labute approximate surface area is 99.4 Å². The summed E-state index contributed by atoms with van der Waals surface area (Å²) in [7, 11) is 1.62. The Morgan fingerprint density at radius 1 is 1.12 bits per heavy atom. The first kappa shape index (κ1) is 21.1. The van der Waals surface area contributed by atoms with Crippen LogP contribution in [0.1, 0.15) is 20.8 Å². The maximum Gasteiger partial charge on any atom is 0.215 e. The quantitative estimate of drug-likeness (QED) is 0.459. The molecule has 0 saturated heterocycles. The topological polar surface area (TPSA) is 86.7 Å². The standard InChI is InChI=1S/C5H14N.C4H10O.H2O4S/c1-5-6(2,3)4;1-3-5-4-2;1-5(2,3)4/h5H2,1-4H3;3-4H2,1-2H3;(H2,1,2,3,4)/q+1;;/p-1. The molecular formula is C9H25NO5S. The lowest BCUT2D eigenvalue weighted by Gasteiger charge is -2.20. The molecule has 1 N–H and O–H groups in total. The largest absolute Gasteiger partial charge is 0.726 e. The van der Waals surface area contributed by atoms with Gasteiger partial charge in [0.15, 0.2) is 0 Å². The summed E-state index contributed by atoms with van der Waals surface area (Å²) in [5.41, 5.74) is 0. The molecule has 0 aliphatic carbocycles. The van der Waals surface area contributed by atoms with Gasteiger partial charge >= 0.3 is 0 Å². The van der Waals surface area contributed by atoms with E-state index in [9.17, 15) is 0 Å². The fraction of sp³-hybridized carbons (Fsp3) is 1.00. The normalized spacial score (nSPS) is 10.8. The molecule has 0 atom stereocenters. The average molecular weight is 259 g/mol. The highest BCUT2D eigenvalue weighted by Crippen LogP contribution is 1.83. The van der Waals surface area contributed by atoms with Gasteiger partial charge in [0.05, 0.1) is 27.7 Å². The molecule has 0 bridgehead atoms. The summed E-state index contributed by atoms with van der Waals surface area (Å²) in [6.45, 7) is 9.06. The van der Waals surface area contributed by atoms with Gasteiger partial charge in [-0.05, 0) is 20.8 Å². The smallest absolute Gasteiger partial charge is 0.215 e. The summed E-state index contributed by atoms with van der Waals surface area (Å²) in [5, 5.41) is 0. The third-order valence-corrected chi connectivity index (χ3v) is 1.36. The van der Waals surface area contributed by atoms with Crippen LogP contribution in [0.3, 0.4) is 0 Å². The van der Waals surface area contributed by atoms with Crippen molar-refractivity contribution in [3.63, 3.8) is 0 Å². The van der Waals surface area contributed by atoms with Gasteiger partial charge in [-0.25, -0.2) is 8.42 Å². The second-order valence-electron chi connectivity index (χ2n) is 3.82. The second-order valence-corrected chi connectivity index (χ2v) is 4.67. The van der Waals surface area contributed by atoms with Crippen molar-refractivity contribution in [3.8, 4) is 0 Å². The molecule has 0 unspecified atom stereocenters. The highest BCUT2D eigenvalue weighted by Gasteiger charge is 1.97. The predicted octanol–water partition coefficient (Wildman–Crippen LogP) is 0.760. The minimum Gasteiger partial charge on any atom is -0.726 e. The number of hydrogen-bond donors (Lipinski definition) is 1. The highest BCUT2D eigenvalue weighted by molar-refractivity contribution is 7.79. The maximum atomic E-state index is 8.63. The van der Waals surface area contributed by atoms with E-state index in [0.717, 1.165) is 17.7 Å². The zero-order chi connectivity index (χ0) is 13.8. The summed E-state index contributed by atoms with van der Waals surface area (Å²) in [4.78, 5) is 0. The molecule has 0 radical (unpaired) electrons. The average Bonchev–Trinajstić information content (AvgIpc) is 2.02. The summed E-state index contributed by atoms with van der Waals surface area (Å²) in [5.74, 6) is 0. The Kier molecular flexibility index (Phi) is 14.9. The minimum atomic E-state index is -4.92. The van der Waals surface area contributed by atoms with Crippen LogP contribution in [0.2, 0.25) is 0 Å². The van der Waals surface area contributed by atoms with Crippen molar-refractivity contribution < 1.29 is 26.7 Å².